The molecule has 0 radical (unpaired) electrons. The highest BCUT2D eigenvalue weighted by atomic mass is 32.1. The van der Waals surface area contributed by atoms with Crippen molar-refractivity contribution in [1.29, 1.82) is 0 Å². The smallest absolute Gasteiger partial charge is 0.105 e. The minimum absolute atomic E-state index is 0.0173. The Bertz CT molecular complexity index is 411. The predicted molar refractivity (Wildman–Crippen MR) is 73.1 cm³/mol. The van der Waals surface area contributed by atoms with Crippen molar-refractivity contribution in [3.05, 3.63) is 16.1 Å². The molecule has 2 fully saturated rings. The zero-order valence-electron chi connectivity index (χ0n) is 10.9. The van der Waals surface area contributed by atoms with E-state index in [0.29, 0.717) is 12.5 Å². The monoisotopic (exact) mass is 267 g/mol. The zero-order chi connectivity index (χ0) is 12.6. The summed E-state index contributed by atoms with van der Waals surface area (Å²) >= 11 is 1.76. The van der Waals surface area contributed by atoms with E-state index in [4.69, 9.17) is 15.5 Å². The molecule has 4 nitrogen and oxygen atoms in total. The second-order valence-corrected chi connectivity index (χ2v) is 6.51. The van der Waals surface area contributed by atoms with Crippen LogP contribution in [0.15, 0.2) is 5.38 Å². The standard InChI is InChI=1S/C13H21N3OS/c1-16-4-2-3-10(5-16)11-6-18-12(15-11)13(7-14)8-17-9-13/h6,10H,2-5,7-9,14H2,1H3. The Labute approximate surface area is 112 Å². The Morgan fingerprint density at radius 3 is 3.06 bits per heavy atom. The van der Waals surface area contributed by atoms with Gasteiger partial charge in [0.25, 0.3) is 0 Å². The number of nitrogens with zero attached hydrogens (tertiary/aromatic N) is 2. The van der Waals surface area contributed by atoms with Gasteiger partial charge in [-0.1, -0.05) is 0 Å². The third-order valence-electron chi connectivity index (χ3n) is 4.17. The van der Waals surface area contributed by atoms with Crippen molar-refractivity contribution in [2.75, 3.05) is 39.9 Å². The van der Waals surface area contributed by atoms with Gasteiger partial charge in [-0.25, -0.2) is 4.98 Å². The summed E-state index contributed by atoms with van der Waals surface area (Å²) < 4.78 is 5.33. The zero-order valence-corrected chi connectivity index (χ0v) is 11.7. The lowest BCUT2D eigenvalue weighted by atomic mass is 9.87. The van der Waals surface area contributed by atoms with Gasteiger partial charge in [0.2, 0.25) is 0 Å². The largest absolute Gasteiger partial charge is 0.379 e. The number of ether oxygens (including phenoxy) is 1. The molecule has 100 valence electrons. The average molecular weight is 267 g/mol. The van der Waals surface area contributed by atoms with Gasteiger partial charge < -0.3 is 15.4 Å². The van der Waals surface area contributed by atoms with E-state index in [0.717, 1.165) is 19.8 Å². The van der Waals surface area contributed by atoms with E-state index >= 15 is 0 Å². The van der Waals surface area contributed by atoms with E-state index in [-0.39, 0.29) is 5.41 Å². The van der Waals surface area contributed by atoms with Crippen LogP contribution in [0.4, 0.5) is 0 Å². The number of likely N-dealkylation sites (tertiary alicyclic amines) is 1. The van der Waals surface area contributed by atoms with Gasteiger partial charge in [0.15, 0.2) is 0 Å². The van der Waals surface area contributed by atoms with Crippen LogP contribution in [0.25, 0.3) is 0 Å². The van der Waals surface area contributed by atoms with E-state index < -0.39 is 0 Å². The molecule has 2 saturated heterocycles. The van der Waals surface area contributed by atoms with E-state index in [1.165, 1.54) is 30.1 Å². The first-order valence-electron chi connectivity index (χ1n) is 6.66. The number of rotatable bonds is 3. The van der Waals surface area contributed by atoms with Crippen LogP contribution in [0.1, 0.15) is 29.5 Å². The maximum Gasteiger partial charge on any atom is 0.105 e. The quantitative estimate of drug-likeness (QED) is 0.893. The second-order valence-electron chi connectivity index (χ2n) is 5.66. The number of likely N-dealkylation sites (N-methyl/N-ethyl adjacent to an activating group) is 1. The molecular formula is C13H21N3OS. The molecule has 1 aromatic heterocycles. The Balaban J connectivity index is 1.76. The molecule has 0 aromatic carbocycles. The van der Waals surface area contributed by atoms with Gasteiger partial charge in [-0.05, 0) is 26.4 Å². The summed E-state index contributed by atoms with van der Waals surface area (Å²) in [5, 5.41) is 3.41. The normalized spacial score (nSPS) is 28.0. The Kier molecular flexibility index (Phi) is 3.40. The van der Waals surface area contributed by atoms with E-state index in [2.05, 4.69) is 17.3 Å². The van der Waals surface area contributed by atoms with Crippen LogP contribution in [0, 0.1) is 0 Å². The van der Waals surface area contributed by atoms with Gasteiger partial charge in [0, 0.05) is 24.4 Å². The van der Waals surface area contributed by atoms with Crippen LogP contribution in [-0.4, -0.2) is 49.8 Å². The van der Waals surface area contributed by atoms with Crippen LogP contribution in [0.3, 0.4) is 0 Å². The maximum atomic E-state index is 5.89. The van der Waals surface area contributed by atoms with E-state index in [1.54, 1.807) is 11.3 Å². The number of nitrogens with two attached hydrogens (primary N) is 1. The highest BCUT2D eigenvalue weighted by Gasteiger charge is 2.42. The Morgan fingerprint density at radius 2 is 2.44 bits per heavy atom. The Hall–Kier alpha value is -0.490. The van der Waals surface area contributed by atoms with E-state index in [1.807, 2.05) is 0 Å². The molecule has 0 saturated carbocycles. The molecule has 2 aliphatic rings. The molecular weight excluding hydrogens is 246 g/mol. The molecule has 1 unspecified atom stereocenters. The van der Waals surface area contributed by atoms with Gasteiger partial charge in [0.05, 0.1) is 24.3 Å². The maximum absolute atomic E-state index is 5.89. The van der Waals surface area contributed by atoms with Crippen molar-refractivity contribution >= 4 is 11.3 Å². The minimum Gasteiger partial charge on any atom is -0.379 e. The number of aromatic nitrogens is 1. The van der Waals surface area contributed by atoms with Crippen LogP contribution >= 0.6 is 11.3 Å². The Morgan fingerprint density at radius 1 is 1.61 bits per heavy atom. The lowest BCUT2D eigenvalue weighted by Gasteiger charge is -2.38. The number of thiazole rings is 1. The molecule has 0 amide bonds. The fraction of sp³-hybridized carbons (Fsp3) is 0.769. The van der Waals surface area contributed by atoms with Gasteiger partial charge in [0.1, 0.15) is 5.01 Å². The first kappa shape index (κ1) is 12.5. The number of piperidine rings is 1. The summed E-state index contributed by atoms with van der Waals surface area (Å²) in [6, 6.07) is 0. The van der Waals surface area contributed by atoms with Crippen LogP contribution in [0.5, 0.6) is 0 Å². The summed E-state index contributed by atoms with van der Waals surface area (Å²) in [6.07, 6.45) is 2.54. The number of hydrogen-bond acceptors (Lipinski definition) is 5. The van der Waals surface area contributed by atoms with Crippen LogP contribution in [0.2, 0.25) is 0 Å². The SMILES string of the molecule is CN1CCCC(c2csc(C3(CN)COC3)n2)C1. The summed E-state index contributed by atoms with van der Waals surface area (Å²) in [6.45, 7) is 4.47. The van der Waals surface area contributed by atoms with Crippen LogP contribution < -0.4 is 5.73 Å². The molecule has 0 aliphatic carbocycles. The highest BCUT2D eigenvalue weighted by molar-refractivity contribution is 7.09. The molecule has 1 aromatic rings. The molecule has 5 heteroatoms. The second kappa shape index (κ2) is 4.89. The van der Waals surface area contributed by atoms with Crippen molar-refractivity contribution in [3.63, 3.8) is 0 Å². The van der Waals surface area contributed by atoms with E-state index in [9.17, 15) is 0 Å². The first-order valence-corrected chi connectivity index (χ1v) is 7.54. The van der Waals surface area contributed by atoms with Crippen molar-refractivity contribution in [2.24, 2.45) is 5.73 Å². The molecule has 0 bridgehead atoms. The third-order valence-corrected chi connectivity index (χ3v) is 5.27. The van der Waals surface area contributed by atoms with Crippen molar-refractivity contribution < 1.29 is 4.74 Å². The summed E-state index contributed by atoms with van der Waals surface area (Å²) in [5.74, 6) is 0.601. The molecule has 3 heterocycles. The summed E-state index contributed by atoms with van der Waals surface area (Å²) in [5.41, 5.74) is 7.17. The van der Waals surface area contributed by atoms with Crippen molar-refractivity contribution in [1.82, 2.24) is 9.88 Å². The van der Waals surface area contributed by atoms with Gasteiger partial charge >= 0.3 is 0 Å². The summed E-state index contributed by atoms with van der Waals surface area (Å²) in [7, 11) is 2.20. The predicted octanol–water partition coefficient (Wildman–Crippen LogP) is 1.18. The number of hydrogen-bond donors (Lipinski definition) is 1. The van der Waals surface area contributed by atoms with Crippen LogP contribution in [-0.2, 0) is 10.2 Å². The van der Waals surface area contributed by atoms with Crippen molar-refractivity contribution in [3.8, 4) is 0 Å². The third kappa shape index (κ3) is 2.09. The molecule has 2 N–H and O–H groups in total. The highest BCUT2D eigenvalue weighted by Crippen LogP contribution is 2.36. The average Bonchev–Trinajstić information content (AvgIpc) is 2.78. The van der Waals surface area contributed by atoms with Gasteiger partial charge in [-0.3, -0.25) is 0 Å². The molecule has 2 aliphatic heterocycles. The molecule has 1 atom stereocenters. The molecule has 0 spiro atoms. The minimum atomic E-state index is 0.0173. The fourth-order valence-electron chi connectivity index (χ4n) is 2.80. The summed E-state index contributed by atoms with van der Waals surface area (Å²) in [4.78, 5) is 7.27. The molecule has 3 rings (SSSR count). The molecule has 18 heavy (non-hydrogen) atoms. The lowest BCUT2D eigenvalue weighted by Crippen LogP contribution is -2.52. The first-order chi connectivity index (χ1) is 8.73. The topological polar surface area (TPSA) is 51.4 Å². The van der Waals surface area contributed by atoms with Gasteiger partial charge in [-0.2, -0.15) is 0 Å². The lowest BCUT2D eigenvalue weighted by molar-refractivity contribution is -0.0551. The van der Waals surface area contributed by atoms with Crippen molar-refractivity contribution in [2.45, 2.75) is 24.2 Å². The fourth-order valence-corrected chi connectivity index (χ4v) is 3.89. The van der Waals surface area contributed by atoms with Gasteiger partial charge in [-0.15, -0.1) is 11.3 Å².